The molecule has 3 heterocycles. The van der Waals surface area contributed by atoms with Crippen LogP contribution in [0.2, 0.25) is 0 Å². The van der Waals surface area contributed by atoms with E-state index in [1.54, 1.807) is 7.11 Å². The van der Waals surface area contributed by atoms with E-state index < -0.39 is 6.04 Å². The lowest BCUT2D eigenvalue weighted by Crippen LogP contribution is -2.33. The molecule has 1 aliphatic rings. The van der Waals surface area contributed by atoms with Crippen molar-refractivity contribution in [2.45, 2.75) is 31.7 Å². The van der Waals surface area contributed by atoms with Crippen molar-refractivity contribution in [1.82, 2.24) is 15.1 Å². The molecule has 3 aromatic rings. The lowest BCUT2D eigenvalue weighted by atomic mass is 9.96. The first-order chi connectivity index (χ1) is 13.7. The van der Waals surface area contributed by atoms with Gasteiger partial charge < -0.3 is 19.9 Å². The fraction of sp³-hybridized carbons (Fsp3) is 0.381. The lowest BCUT2D eigenvalue weighted by Gasteiger charge is -2.33. The molecule has 2 N–H and O–H groups in total. The second-order valence-electron chi connectivity index (χ2n) is 7.13. The molecule has 0 saturated carbocycles. The molecule has 0 bridgehead atoms. The van der Waals surface area contributed by atoms with Crippen LogP contribution in [-0.2, 0) is 0 Å². The van der Waals surface area contributed by atoms with E-state index in [1.807, 2.05) is 36.7 Å². The third-order valence-corrected chi connectivity index (χ3v) is 5.39. The Morgan fingerprint density at radius 2 is 2.00 bits per heavy atom. The number of nitrogens with zero attached hydrogens (tertiary/aromatic N) is 4. The first-order valence-corrected chi connectivity index (χ1v) is 9.55. The standard InChI is InChI=1S/C21H25N5O2/c1-14-13-23-10-7-17(14)26-11-8-15(9-12-26)21-24-20(25-28-21)19(22)16-5-3-4-6-18(16)27-2/h3-7,10,13,15,19H,8-9,11-12,22H2,1-2H3. The summed E-state index contributed by atoms with van der Waals surface area (Å²) in [5, 5.41) is 4.15. The van der Waals surface area contributed by atoms with Crippen LogP contribution < -0.4 is 15.4 Å². The summed E-state index contributed by atoms with van der Waals surface area (Å²) in [6, 6.07) is 9.24. The van der Waals surface area contributed by atoms with Gasteiger partial charge in [-0.2, -0.15) is 4.98 Å². The molecule has 0 radical (unpaired) electrons. The van der Waals surface area contributed by atoms with Crippen LogP contribution in [0.1, 0.15) is 47.6 Å². The summed E-state index contributed by atoms with van der Waals surface area (Å²) in [5.41, 5.74) is 9.66. The van der Waals surface area contributed by atoms with Gasteiger partial charge in [-0.3, -0.25) is 4.98 Å². The topological polar surface area (TPSA) is 90.3 Å². The molecule has 146 valence electrons. The van der Waals surface area contributed by atoms with Crippen LogP contribution in [-0.4, -0.2) is 35.3 Å². The zero-order chi connectivity index (χ0) is 19.5. The van der Waals surface area contributed by atoms with Gasteiger partial charge in [0.05, 0.1) is 13.2 Å². The highest BCUT2D eigenvalue weighted by molar-refractivity contribution is 5.51. The second kappa shape index (κ2) is 7.98. The van der Waals surface area contributed by atoms with Gasteiger partial charge in [0.2, 0.25) is 5.89 Å². The molecule has 1 saturated heterocycles. The number of aryl methyl sites for hydroxylation is 1. The Morgan fingerprint density at radius 3 is 2.75 bits per heavy atom. The van der Waals surface area contributed by atoms with Crippen LogP contribution in [0.15, 0.2) is 47.2 Å². The zero-order valence-corrected chi connectivity index (χ0v) is 16.2. The number of hydrogen-bond donors (Lipinski definition) is 1. The van der Waals surface area contributed by atoms with Crippen LogP contribution in [0, 0.1) is 6.92 Å². The number of hydrogen-bond acceptors (Lipinski definition) is 7. The van der Waals surface area contributed by atoms with E-state index in [-0.39, 0.29) is 5.92 Å². The van der Waals surface area contributed by atoms with E-state index >= 15 is 0 Å². The summed E-state index contributed by atoms with van der Waals surface area (Å²) in [6.07, 6.45) is 5.68. The molecule has 7 nitrogen and oxygen atoms in total. The maximum atomic E-state index is 6.37. The van der Waals surface area contributed by atoms with Crippen molar-refractivity contribution < 1.29 is 9.26 Å². The van der Waals surface area contributed by atoms with E-state index in [4.69, 9.17) is 15.0 Å². The van der Waals surface area contributed by atoms with E-state index in [9.17, 15) is 0 Å². The Bertz CT molecular complexity index is 934. The van der Waals surface area contributed by atoms with Crippen LogP contribution in [0.25, 0.3) is 0 Å². The summed E-state index contributed by atoms with van der Waals surface area (Å²) in [5.74, 6) is 2.14. The Labute approximate surface area is 164 Å². The molecule has 28 heavy (non-hydrogen) atoms. The number of pyridine rings is 1. The number of anilines is 1. The maximum absolute atomic E-state index is 6.37. The van der Waals surface area contributed by atoms with E-state index in [2.05, 4.69) is 33.0 Å². The number of ether oxygens (including phenoxy) is 1. The highest BCUT2D eigenvalue weighted by Gasteiger charge is 2.27. The molecular formula is C21H25N5O2. The molecule has 0 amide bonds. The van der Waals surface area contributed by atoms with Gasteiger partial charge in [0.1, 0.15) is 5.75 Å². The van der Waals surface area contributed by atoms with Gasteiger partial charge in [0, 0.05) is 42.7 Å². The van der Waals surface area contributed by atoms with Crippen molar-refractivity contribution in [3.05, 3.63) is 65.6 Å². The van der Waals surface area contributed by atoms with Gasteiger partial charge in [0.15, 0.2) is 5.82 Å². The summed E-state index contributed by atoms with van der Waals surface area (Å²) in [7, 11) is 1.63. The minimum atomic E-state index is -0.479. The molecule has 1 aromatic carbocycles. The maximum Gasteiger partial charge on any atom is 0.229 e. The Kier molecular flexibility index (Phi) is 5.25. The lowest BCUT2D eigenvalue weighted by molar-refractivity contribution is 0.326. The van der Waals surface area contributed by atoms with Crippen molar-refractivity contribution in [3.63, 3.8) is 0 Å². The van der Waals surface area contributed by atoms with Gasteiger partial charge in [-0.05, 0) is 37.5 Å². The number of nitrogens with two attached hydrogens (primary N) is 1. The Morgan fingerprint density at radius 1 is 1.21 bits per heavy atom. The number of piperidine rings is 1. The predicted molar refractivity (Wildman–Crippen MR) is 106 cm³/mol. The highest BCUT2D eigenvalue weighted by Crippen LogP contribution is 2.32. The quantitative estimate of drug-likeness (QED) is 0.728. The minimum absolute atomic E-state index is 0.254. The molecule has 7 heteroatoms. The fourth-order valence-corrected chi connectivity index (χ4v) is 3.79. The van der Waals surface area contributed by atoms with Crippen LogP contribution in [0.4, 0.5) is 5.69 Å². The van der Waals surface area contributed by atoms with Crippen molar-refractivity contribution in [2.75, 3.05) is 25.1 Å². The predicted octanol–water partition coefficient (Wildman–Crippen LogP) is 3.21. The van der Waals surface area contributed by atoms with Crippen molar-refractivity contribution >= 4 is 5.69 Å². The average molecular weight is 379 g/mol. The Hall–Kier alpha value is -2.93. The molecular weight excluding hydrogens is 354 g/mol. The van der Waals surface area contributed by atoms with Gasteiger partial charge in [-0.15, -0.1) is 0 Å². The van der Waals surface area contributed by atoms with Crippen molar-refractivity contribution in [2.24, 2.45) is 5.73 Å². The highest BCUT2D eigenvalue weighted by atomic mass is 16.5. The first-order valence-electron chi connectivity index (χ1n) is 9.55. The third-order valence-electron chi connectivity index (χ3n) is 5.39. The minimum Gasteiger partial charge on any atom is -0.496 e. The summed E-state index contributed by atoms with van der Waals surface area (Å²) >= 11 is 0. The monoisotopic (exact) mass is 379 g/mol. The van der Waals surface area contributed by atoms with Crippen molar-refractivity contribution in [1.29, 1.82) is 0 Å². The first kappa shape index (κ1) is 18.4. The van der Waals surface area contributed by atoms with Crippen LogP contribution in [0.5, 0.6) is 5.75 Å². The van der Waals surface area contributed by atoms with E-state index in [0.717, 1.165) is 37.2 Å². The molecule has 0 aliphatic carbocycles. The summed E-state index contributed by atoms with van der Waals surface area (Å²) in [6.45, 7) is 4.00. The van der Waals surface area contributed by atoms with Gasteiger partial charge in [-0.25, -0.2) is 0 Å². The normalized spacial score (nSPS) is 16.2. The van der Waals surface area contributed by atoms with E-state index in [1.165, 1.54) is 11.3 Å². The smallest absolute Gasteiger partial charge is 0.229 e. The largest absolute Gasteiger partial charge is 0.496 e. The summed E-state index contributed by atoms with van der Waals surface area (Å²) < 4.78 is 11.0. The average Bonchev–Trinajstić information content (AvgIpc) is 3.24. The van der Waals surface area contributed by atoms with Gasteiger partial charge >= 0.3 is 0 Å². The number of aromatic nitrogens is 3. The second-order valence-corrected chi connectivity index (χ2v) is 7.13. The number of benzene rings is 1. The number of methoxy groups -OCH3 is 1. The van der Waals surface area contributed by atoms with Crippen LogP contribution >= 0.6 is 0 Å². The molecule has 1 fully saturated rings. The molecule has 2 aromatic heterocycles. The van der Waals surface area contributed by atoms with E-state index in [0.29, 0.717) is 11.7 Å². The molecule has 1 aliphatic heterocycles. The Balaban J connectivity index is 1.45. The molecule has 4 rings (SSSR count). The SMILES string of the molecule is COc1ccccc1C(N)c1noc(C2CCN(c3ccncc3C)CC2)n1. The van der Waals surface area contributed by atoms with Gasteiger partial charge in [0.25, 0.3) is 0 Å². The number of para-hydroxylation sites is 1. The van der Waals surface area contributed by atoms with Gasteiger partial charge in [-0.1, -0.05) is 23.4 Å². The fourth-order valence-electron chi connectivity index (χ4n) is 3.79. The zero-order valence-electron chi connectivity index (χ0n) is 16.2. The van der Waals surface area contributed by atoms with Crippen LogP contribution in [0.3, 0.4) is 0 Å². The molecule has 1 atom stereocenters. The van der Waals surface area contributed by atoms with Crippen molar-refractivity contribution in [3.8, 4) is 5.75 Å². The molecule has 0 spiro atoms. The third kappa shape index (κ3) is 3.57. The molecule has 1 unspecified atom stereocenters. The summed E-state index contributed by atoms with van der Waals surface area (Å²) in [4.78, 5) is 11.2. The number of rotatable bonds is 5.